The van der Waals surface area contributed by atoms with Crippen molar-refractivity contribution in [3.8, 4) is 27.9 Å². The first-order valence-electron chi connectivity index (χ1n) is 21.7. The molecule has 11 rings (SSSR count). The van der Waals surface area contributed by atoms with Gasteiger partial charge in [0.25, 0.3) is 0 Å². The van der Waals surface area contributed by atoms with Crippen LogP contribution in [-0.2, 0) is 0 Å². The van der Waals surface area contributed by atoms with E-state index in [2.05, 4.69) is 276 Å². The van der Waals surface area contributed by atoms with E-state index in [4.69, 9.17) is 0 Å². The summed E-state index contributed by atoms with van der Waals surface area (Å²) in [6.45, 7) is 0. The maximum absolute atomic E-state index is 3.34. The molecule has 0 aliphatic rings. The summed E-state index contributed by atoms with van der Waals surface area (Å²) in [5, 5.41) is 2.45. The molecule has 11 aromatic rings. The van der Waals surface area contributed by atoms with E-state index in [-0.39, 0.29) is 0 Å². The Kier molecular flexibility index (Phi) is 10.1. The molecule has 0 unspecified atom stereocenters. The van der Waals surface area contributed by atoms with Crippen molar-refractivity contribution in [1.82, 2.24) is 4.57 Å². The number of fused-ring (bicyclic) bond motifs is 3. The van der Waals surface area contributed by atoms with Gasteiger partial charge in [0, 0.05) is 11.1 Å². The smallest absolute Gasteiger partial charge is 0.0617 e. The SMILES string of the molecule is c1ccc(-c2ccc(-n3c4ccccc4c4cc(N(c5ccccc5)c5ccc(-c6cc[c]([Ge]([c]7ccccc7)([c]7ccccc7)[c]7ccccc7)cc6)cc5)ccc43)cc2)cc1. The summed E-state index contributed by atoms with van der Waals surface area (Å²) in [4.78, 5) is 2.37. The van der Waals surface area contributed by atoms with Crippen LogP contribution >= 0.6 is 0 Å². The number of rotatable bonds is 10. The van der Waals surface area contributed by atoms with Gasteiger partial charge in [-0.15, -0.1) is 0 Å². The van der Waals surface area contributed by atoms with Crippen LogP contribution in [0.25, 0.3) is 49.7 Å². The van der Waals surface area contributed by atoms with E-state index in [1.165, 1.54) is 61.6 Å². The number of hydrogen-bond acceptors (Lipinski definition) is 1. The number of aromatic nitrogens is 1. The number of anilines is 3. The average Bonchev–Trinajstić information content (AvgIpc) is 3.70. The van der Waals surface area contributed by atoms with Crippen LogP contribution in [0, 0.1) is 0 Å². The number of benzene rings is 10. The Balaban J connectivity index is 0.967. The predicted octanol–water partition coefficient (Wildman–Crippen LogP) is 13.0. The molecule has 0 saturated heterocycles. The zero-order chi connectivity index (χ0) is 42.0. The molecule has 10 aromatic carbocycles. The predicted molar refractivity (Wildman–Crippen MR) is 270 cm³/mol. The van der Waals surface area contributed by atoms with Crippen LogP contribution in [0.2, 0.25) is 0 Å². The first-order chi connectivity index (χ1) is 31.3. The quantitative estimate of drug-likeness (QED) is 0.124. The van der Waals surface area contributed by atoms with Crippen molar-refractivity contribution >= 4 is 69.7 Å². The minimum Gasteiger partial charge on any atom is -0.0617 e. The van der Waals surface area contributed by atoms with E-state index in [1.807, 2.05) is 0 Å². The molecule has 0 radical (unpaired) electrons. The molecule has 0 amide bonds. The third kappa shape index (κ3) is 6.95. The van der Waals surface area contributed by atoms with Gasteiger partial charge in [0.2, 0.25) is 0 Å². The van der Waals surface area contributed by atoms with Crippen molar-refractivity contribution in [3.63, 3.8) is 0 Å². The van der Waals surface area contributed by atoms with Crippen LogP contribution in [0.1, 0.15) is 0 Å². The van der Waals surface area contributed by atoms with Crippen molar-refractivity contribution in [2.24, 2.45) is 0 Å². The van der Waals surface area contributed by atoms with Crippen LogP contribution in [-0.4, -0.2) is 17.8 Å². The molecular weight excluding hydrogens is 821 g/mol. The minimum absolute atomic E-state index is 1.10. The third-order valence-corrected chi connectivity index (χ3v) is 22.6. The molecule has 0 aliphatic heterocycles. The van der Waals surface area contributed by atoms with Crippen LogP contribution in [0.4, 0.5) is 17.1 Å². The van der Waals surface area contributed by atoms with E-state index in [9.17, 15) is 0 Å². The summed E-state index contributed by atoms with van der Waals surface area (Å²) >= 11 is -3.34. The molecule has 63 heavy (non-hydrogen) atoms. The maximum atomic E-state index is 2.40. The van der Waals surface area contributed by atoms with Gasteiger partial charge in [-0.25, -0.2) is 0 Å². The molecule has 0 bridgehead atoms. The van der Waals surface area contributed by atoms with Crippen LogP contribution < -0.4 is 22.5 Å². The van der Waals surface area contributed by atoms with E-state index in [0.29, 0.717) is 0 Å². The monoisotopic (exact) mass is 866 g/mol. The van der Waals surface area contributed by atoms with Gasteiger partial charge in [-0.2, -0.15) is 0 Å². The average molecular weight is 866 g/mol. The van der Waals surface area contributed by atoms with Gasteiger partial charge in [0.05, 0.1) is 11.0 Å². The van der Waals surface area contributed by atoms with Gasteiger partial charge in [0.15, 0.2) is 0 Å². The second-order valence-electron chi connectivity index (χ2n) is 16.1. The molecular formula is C60H44GeN2. The molecule has 3 heteroatoms. The first-order valence-corrected chi connectivity index (χ1v) is 25.9. The molecule has 2 nitrogen and oxygen atoms in total. The van der Waals surface area contributed by atoms with Gasteiger partial charge < -0.3 is 4.57 Å². The Bertz CT molecular complexity index is 3180. The third-order valence-electron chi connectivity index (χ3n) is 12.6. The molecule has 0 saturated carbocycles. The topological polar surface area (TPSA) is 8.17 Å². The number of hydrogen-bond donors (Lipinski definition) is 0. The number of para-hydroxylation sites is 2. The van der Waals surface area contributed by atoms with Crippen molar-refractivity contribution in [3.05, 3.63) is 267 Å². The Labute approximate surface area is 372 Å². The molecule has 0 N–H and O–H groups in total. The zero-order valence-electron chi connectivity index (χ0n) is 34.8. The molecule has 0 atom stereocenters. The van der Waals surface area contributed by atoms with Crippen molar-refractivity contribution < 1.29 is 0 Å². The second-order valence-corrected chi connectivity index (χ2v) is 24.1. The van der Waals surface area contributed by atoms with E-state index >= 15 is 0 Å². The molecule has 1 aromatic heterocycles. The standard InChI is InChI=1S/C60H44GeN2/c1-6-18-45(19-7-1)47-34-40-55(41-35-47)63-59-29-17-16-28-57(59)58-44-56(42-43-60(58)63)62(53-26-14-5-15-27-53)54-38-32-48(33-39-54)46-30-36-52(37-31-46)61(49-20-8-2-9-21-49,50-22-10-3-11-23-50)51-24-12-4-13-25-51/h1-44H. The van der Waals surface area contributed by atoms with Gasteiger partial charge in [0.1, 0.15) is 0 Å². The fraction of sp³-hybridized carbons (Fsp3) is 0. The summed E-state index contributed by atoms with van der Waals surface area (Å²) in [6.07, 6.45) is 0. The molecule has 0 aliphatic carbocycles. The van der Waals surface area contributed by atoms with Gasteiger partial charge in [-0.1, -0.05) is 66.7 Å². The molecule has 1 heterocycles. The molecule has 0 spiro atoms. The molecule has 0 fully saturated rings. The van der Waals surface area contributed by atoms with E-state index < -0.39 is 13.3 Å². The second kappa shape index (κ2) is 16.7. The normalized spacial score (nSPS) is 11.5. The van der Waals surface area contributed by atoms with Crippen LogP contribution in [0.15, 0.2) is 267 Å². The molecule has 298 valence electrons. The van der Waals surface area contributed by atoms with Gasteiger partial charge in [-0.05, 0) is 29.3 Å². The summed E-state index contributed by atoms with van der Waals surface area (Å²) in [5.41, 5.74) is 11.7. The zero-order valence-corrected chi connectivity index (χ0v) is 36.9. The summed E-state index contributed by atoms with van der Waals surface area (Å²) in [5.74, 6) is 0. The van der Waals surface area contributed by atoms with Crippen molar-refractivity contribution in [2.45, 2.75) is 0 Å². The Morgan fingerprint density at radius 3 is 1.21 bits per heavy atom. The fourth-order valence-electron chi connectivity index (χ4n) is 9.62. The Hall–Kier alpha value is -7.66. The summed E-state index contributed by atoms with van der Waals surface area (Å²) < 4.78 is 8.08. The first kappa shape index (κ1) is 38.3. The number of nitrogens with zero attached hydrogens (tertiary/aromatic N) is 2. The van der Waals surface area contributed by atoms with Gasteiger partial charge in [-0.3, -0.25) is 0 Å². The van der Waals surface area contributed by atoms with Crippen LogP contribution in [0.5, 0.6) is 0 Å². The summed E-state index contributed by atoms with van der Waals surface area (Å²) in [7, 11) is 0. The Morgan fingerprint density at radius 1 is 0.270 bits per heavy atom. The van der Waals surface area contributed by atoms with Gasteiger partial charge >= 0.3 is 251 Å². The van der Waals surface area contributed by atoms with E-state index in [0.717, 1.165) is 22.7 Å². The Morgan fingerprint density at radius 2 is 0.651 bits per heavy atom. The fourth-order valence-corrected chi connectivity index (χ4v) is 19.6. The van der Waals surface area contributed by atoms with Crippen molar-refractivity contribution in [1.29, 1.82) is 0 Å². The minimum atomic E-state index is -3.34. The van der Waals surface area contributed by atoms with E-state index in [1.54, 1.807) is 0 Å². The van der Waals surface area contributed by atoms with Crippen LogP contribution in [0.3, 0.4) is 0 Å². The van der Waals surface area contributed by atoms with Crippen molar-refractivity contribution in [2.75, 3.05) is 4.90 Å². The summed E-state index contributed by atoms with van der Waals surface area (Å²) in [6, 6.07) is 98.0.